The average molecular weight is 361 g/mol. The van der Waals surface area contributed by atoms with Crippen LogP contribution in [0.15, 0.2) is 65.2 Å². The van der Waals surface area contributed by atoms with Gasteiger partial charge in [0.2, 0.25) is 0 Å². The molecule has 0 aliphatic heterocycles. The van der Waals surface area contributed by atoms with E-state index < -0.39 is 0 Å². The molecule has 0 atom stereocenters. The number of imidazole rings is 1. The lowest BCUT2D eigenvalue weighted by Gasteiger charge is -2.05. The zero-order chi connectivity index (χ0) is 17.7. The number of benzene rings is 1. The fourth-order valence-corrected chi connectivity index (χ4v) is 4.03. The lowest BCUT2D eigenvalue weighted by atomic mass is 10.2. The second kappa shape index (κ2) is 5.67. The predicted molar refractivity (Wildman–Crippen MR) is 104 cm³/mol. The van der Waals surface area contributed by atoms with Crippen LogP contribution in [0.5, 0.6) is 0 Å². The quantitative estimate of drug-likeness (QED) is 0.493. The number of aromatic nitrogens is 5. The first kappa shape index (κ1) is 15.1. The molecular weight excluding hydrogens is 346 g/mol. The second-order valence-corrected chi connectivity index (χ2v) is 6.82. The molecule has 0 amide bonds. The van der Waals surface area contributed by atoms with Gasteiger partial charge in [0.1, 0.15) is 0 Å². The van der Waals surface area contributed by atoms with E-state index in [2.05, 4.69) is 14.5 Å². The van der Waals surface area contributed by atoms with Gasteiger partial charge in [0.15, 0.2) is 10.8 Å². The minimum absolute atomic E-state index is 0.0695. The van der Waals surface area contributed by atoms with E-state index in [-0.39, 0.29) is 5.69 Å². The highest BCUT2D eigenvalue weighted by molar-refractivity contribution is 7.12. The first-order valence-electron chi connectivity index (χ1n) is 8.35. The average Bonchev–Trinajstić information content (AvgIpc) is 3.37. The number of thiazole rings is 1. The van der Waals surface area contributed by atoms with Gasteiger partial charge in [-0.3, -0.25) is 9.13 Å². The van der Waals surface area contributed by atoms with Crippen LogP contribution in [-0.2, 0) is 6.54 Å². The van der Waals surface area contributed by atoms with Crippen molar-refractivity contribution in [3.05, 3.63) is 70.9 Å². The van der Waals surface area contributed by atoms with E-state index in [4.69, 9.17) is 0 Å². The zero-order valence-corrected chi connectivity index (χ0v) is 14.8. The van der Waals surface area contributed by atoms with Crippen molar-refractivity contribution in [3.63, 3.8) is 0 Å². The van der Waals surface area contributed by atoms with E-state index in [9.17, 15) is 4.79 Å². The Hall–Kier alpha value is -3.19. The molecule has 4 aromatic heterocycles. The van der Waals surface area contributed by atoms with Gasteiger partial charge in [0.25, 0.3) is 0 Å². The molecule has 0 N–H and O–H groups in total. The van der Waals surface area contributed by atoms with E-state index in [1.165, 1.54) is 0 Å². The molecule has 0 spiro atoms. The number of hydrogen-bond donors (Lipinski definition) is 0. The molecular formula is C19H15N5OS. The molecule has 7 heteroatoms. The second-order valence-electron chi connectivity index (χ2n) is 5.95. The topological polar surface area (TPSA) is 57.6 Å². The number of nitrogens with zero attached hydrogens (tertiary/aromatic N) is 5. The molecule has 4 heterocycles. The number of rotatable bonds is 3. The molecule has 0 fully saturated rings. The molecule has 6 nitrogen and oxygen atoms in total. The fourth-order valence-electron chi connectivity index (χ4n) is 3.39. The van der Waals surface area contributed by atoms with Crippen molar-refractivity contribution in [3.8, 4) is 10.8 Å². The Morgan fingerprint density at radius 3 is 2.81 bits per heavy atom. The largest absolute Gasteiger partial charge is 0.334 e. The van der Waals surface area contributed by atoms with Gasteiger partial charge in [-0.1, -0.05) is 0 Å². The number of fused-ring (bicyclic) bond motifs is 2. The lowest BCUT2D eigenvalue weighted by Crippen LogP contribution is -2.22. The number of pyridine rings is 1. The summed E-state index contributed by atoms with van der Waals surface area (Å²) in [6.45, 7) is 2.58. The number of hydrogen-bond acceptors (Lipinski definition) is 4. The standard InChI is InChI=1S/C19H15N5OS/c1-2-22-16-4-3-8-20-17(16)24(19(22)25)14-5-6-15-13(12-14)7-10-23(15)18-21-9-11-26-18/h3-12H,2H2,1H3. The summed E-state index contributed by atoms with van der Waals surface area (Å²) in [5, 5.41) is 3.94. The van der Waals surface area contributed by atoms with Crippen LogP contribution >= 0.6 is 11.3 Å². The van der Waals surface area contributed by atoms with Crippen LogP contribution in [0.3, 0.4) is 0 Å². The molecule has 0 aliphatic carbocycles. The molecule has 5 aromatic rings. The maximum absolute atomic E-state index is 12.9. The van der Waals surface area contributed by atoms with Crippen molar-refractivity contribution in [1.29, 1.82) is 0 Å². The molecule has 128 valence electrons. The Balaban J connectivity index is 1.75. The van der Waals surface area contributed by atoms with Crippen molar-refractivity contribution in [2.75, 3.05) is 0 Å². The molecule has 0 radical (unpaired) electrons. The summed E-state index contributed by atoms with van der Waals surface area (Å²) in [6.07, 6.45) is 5.52. The summed E-state index contributed by atoms with van der Waals surface area (Å²) >= 11 is 1.59. The van der Waals surface area contributed by atoms with Gasteiger partial charge in [-0.25, -0.2) is 19.3 Å². The third-order valence-corrected chi connectivity index (χ3v) is 5.34. The summed E-state index contributed by atoms with van der Waals surface area (Å²) in [6, 6.07) is 11.8. The smallest absolute Gasteiger partial charge is 0.293 e. The summed E-state index contributed by atoms with van der Waals surface area (Å²) in [5.41, 5.74) is 3.33. The van der Waals surface area contributed by atoms with Gasteiger partial charge in [-0.2, -0.15) is 0 Å². The molecule has 26 heavy (non-hydrogen) atoms. The summed E-state index contributed by atoms with van der Waals surface area (Å²) < 4.78 is 5.48. The lowest BCUT2D eigenvalue weighted by molar-refractivity contribution is 0.734. The van der Waals surface area contributed by atoms with Gasteiger partial charge in [-0.15, -0.1) is 11.3 Å². The maximum atomic E-state index is 12.9. The van der Waals surface area contributed by atoms with Crippen molar-refractivity contribution in [2.24, 2.45) is 0 Å². The molecule has 0 bridgehead atoms. The Bertz CT molecular complexity index is 1290. The first-order chi connectivity index (χ1) is 12.8. The van der Waals surface area contributed by atoms with Crippen molar-refractivity contribution in [1.82, 2.24) is 23.7 Å². The van der Waals surface area contributed by atoms with E-state index in [0.717, 1.165) is 27.2 Å². The predicted octanol–water partition coefficient (Wildman–Crippen LogP) is 3.61. The van der Waals surface area contributed by atoms with Gasteiger partial charge in [-0.05, 0) is 43.3 Å². The summed E-state index contributed by atoms with van der Waals surface area (Å²) in [4.78, 5) is 21.7. The van der Waals surface area contributed by atoms with E-state index in [0.29, 0.717) is 12.2 Å². The van der Waals surface area contributed by atoms with Crippen LogP contribution in [0.1, 0.15) is 6.92 Å². The third-order valence-electron chi connectivity index (χ3n) is 4.56. The van der Waals surface area contributed by atoms with Crippen LogP contribution in [0.2, 0.25) is 0 Å². The zero-order valence-electron chi connectivity index (χ0n) is 14.0. The van der Waals surface area contributed by atoms with Crippen LogP contribution in [0.4, 0.5) is 0 Å². The van der Waals surface area contributed by atoms with Crippen molar-refractivity contribution in [2.45, 2.75) is 13.5 Å². The van der Waals surface area contributed by atoms with Crippen LogP contribution < -0.4 is 5.69 Å². The first-order valence-corrected chi connectivity index (χ1v) is 9.23. The molecule has 1 aromatic carbocycles. The molecule has 0 unspecified atom stereocenters. The highest BCUT2D eigenvalue weighted by atomic mass is 32.1. The van der Waals surface area contributed by atoms with Gasteiger partial charge in [0.05, 0.1) is 16.7 Å². The van der Waals surface area contributed by atoms with E-state index in [1.54, 1.807) is 32.9 Å². The Labute approximate surface area is 152 Å². The highest BCUT2D eigenvalue weighted by Gasteiger charge is 2.15. The Kier molecular flexibility index (Phi) is 3.29. The van der Waals surface area contributed by atoms with Crippen molar-refractivity contribution >= 4 is 33.4 Å². The molecule has 5 rings (SSSR count). The Morgan fingerprint density at radius 1 is 1.08 bits per heavy atom. The van der Waals surface area contributed by atoms with Crippen LogP contribution in [0.25, 0.3) is 32.9 Å². The molecule has 0 saturated carbocycles. The minimum Gasteiger partial charge on any atom is -0.293 e. The highest BCUT2D eigenvalue weighted by Crippen LogP contribution is 2.25. The van der Waals surface area contributed by atoms with E-state index >= 15 is 0 Å². The van der Waals surface area contributed by atoms with Gasteiger partial charge in [0, 0.05) is 35.9 Å². The minimum atomic E-state index is -0.0695. The number of aryl methyl sites for hydroxylation is 1. The SMILES string of the molecule is CCn1c(=O)n(-c2ccc3c(ccn3-c3nccs3)c2)c2ncccc21. The third kappa shape index (κ3) is 2.07. The van der Waals surface area contributed by atoms with Crippen LogP contribution in [0, 0.1) is 0 Å². The maximum Gasteiger partial charge on any atom is 0.334 e. The molecule has 0 aliphatic rings. The summed E-state index contributed by atoms with van der Waals surface area (Å²) in [7, 11) is 0. The van der Waals surface area contributed by atoms with E-state index in [1.807, 2.05) is 54.9 Å². The Morgan fingerprint density at radius 2 is 2.00 bits per heavy atom. The van der Waals surface area contributed by atoms with Gasteiger partial charge < -0.3 is 0 Å². The monoisotopic (exact) mass is 361 g/mol. The van der Waals surface area contributed by atoms with Crippen LogP contribution in [-0.4, -0.2) is 23.7 Å². The normalized spacial score (nSPS) is 11.6. The van der Waals surface area contributed by atoms with Gasteiger partial charge >= 0.3 is 5.69 Å². The fraction of sp³-hybridized carbons (Fsp3) is 0.105. The van der Waals surface area contributed by atoms with Crippen molar-refractivity contribution < 1.29 is 0 Å². The molecule has 0 saturated heterocycles. The summed E-state index contributed by atoms with van der Waals surface area (Å²) in [5.74, 6) is 0.